The molecule has 0 aliphatic carbocycles. The molecule has 0 spiro atoms. The van der Waals surface area contributed by atoms with Gasteiger partial charge in [0, 0.05) is 19.4 Å². The fourth-order valence-electron chi connectivity index (χ4n) is 5.35. The molecule has 0 saturated heterocycles. The van der Waals surface area contributed by atoms with Crippen molar-refractivity contribution < 1.29 is 37.6 Å². The lowest BCUT2D eigenvalue weighted by atomic mass is 10.1. The van der Waals surface area contributed by atoms with E-state index in [0.29, 0.717) is 12.8 Å². The molecule has 0 aliphatic heterocycles. The molecule has 0 heterocycles. The van der Waals surface area contributed by atoms with Gasteiger partial charge in [-0.3, -0.25) is 18.6 Å². The number of hydrogen-bond donors (Lipinski definition) is 2. The number of carbonyl (C=O) groups is 2. The lowest BCUT2D eigenvalue weighted by Crippen LogP contribution is -2.29. The molecular formula is C42H76NO8P. The third-order valence-electron chi connectivity index (χ3n) is 8.42. The maximum absolute atomic E-state index is 12.6. The fourth-order valence-corrected chi connectivity index (χ4v) is 6.11. The molecule has 52 heavy (non-hydrogen) atoms. The lowest BCUT2D eigenvalue weighted by molar-refractivity contribution is -0.161. The van der Waals surface area contributed by atoms with E-state index >= 15 is 0 Å². The summed E-state index contributed by atoms with van der Waals surface area (Å²) in [7, 11) is -4.38. The number of unbranched alkanes of at least 4 members (excludes halogenated alkanes) is 17. The van der Waals surface area contributed by atoms with Gasteiger partial charge in [0.1, 0.15) is 6.61 Å². The summed E-state index contributed by atoms with van der Waals surface area (Å²) in [5.74, 6) is -0.857. The molecule has 2 atom stereocenters. The van der Waals surface area contributed by atoms with Crippen LogP contribution >= 0.6 is 7.82 Å². The molecule has 0 amide bonds. The molecule has 0 saturated carbocycles. The predicted octanol–water partition coefficient (Wildman–Crippen LogP) is 11.6. The summed E-state index contributed by atoms with van der Waals surface area (Å²) in [5, 5.41) is 0. The third-order valence-corrected chi connectivity index (χ3v) is 9.40. The van der Waals surface area contributed by atoms with E-state index in [-0.39, 0.29) is 32.6 Å². The van der Waals surface area contributed by atoms with Gasteiger partial charge in [-0.15, -0.1) is 0 Å². The number of nitrogens with two attached hydrogens (primary N) is 1. The number of phosphoric ester groups is 1. The van der Waals surface area contributed by atoms with Crippen LogP contribution in [0.3, 0.4) is 0 Å². The minimum Gasteiger partial charge on any atom is -0.462 e. The first-order valence-corrected chi connectivity index (χ1v) is 22.1. The molecule has 10 heteroatoms. The van der Waals surface area contributed by atoms with Gasteiger partial charge in [-0.1, -0.05) is 140 Å². The molecule has 0 aromatic heterocycles. The number of carbonyl (C=O) groups excluding carboxylic acids is 2. The molecule has 0 aromatic carbocycles. The maximum Gasteiger partial charge on any atom is 0.472 e. The Morgan fingerprint density at radius 1 is 0.577 bits per heavy atom. The molecule has 3 N–H and O–H groups in total. The van der Waals surface area contributed by atoms with Gasteiger partial charge in [-0.05, 0) is 70.6 Å². The van der Waals surface area contributed by atoms with Crippen molar-refractivity contribution >= 4 is 19.8 Å². The summed E-state index contributed by atoms with van der Waals surface area (Å²) in [6.45, 7) is 3.61. The van der Waals surface area contributed by atoms with Gasteiger partial charge in [-0.2, -0.15) is 0 Å². The first-order chi connectivity index (χ1) is 25.3. The fraction of sp³-hybridized carbons (Fsp3) is 0.762. The zero-order chi connectivity index (χ0) is 38.2. The van der Waals surface area contributed by atoms with Crippen LogP contribution in [0, 0.1) is 0 Å². The van der Waals surface area contributed by atoms with Gasteiger partial charge in [0.05, 0.1) is 13.2 Å². The molecular weight excluding hydrogens is 677 g/mol. The van der Waals surface area contributed by atoms with Crippen molar-refractivity contribution in [3.05, 3.63) is 48.6 Å². The maximum atomic E-state index is 12.6. The molecule has 0 aromatic rings. The van der Waals surface area contributed by atoms with Gasteiger partial charge < -0.3 is 20.1 Å². The van der Waals surface area contributed by atoms with Crippen LogP contribution in [0.2, 0.25) is 0 Å². The average molecular weight is 754 g/mol. The standard InChI is InChI=1S/C42H76NO8P/c1-3-5-7-9-11-13-15-17-18-19-20-21-23-25-27-29-31-33-35-42(45)51-40(39-50-52(46,47)49-37-36-43)38-48-41(44)34-32-30-28-26-24-22-16-14-12-10-8-6-4-2/h8,10,13-16,18-19,40H,3-7,9,11-12,17,20-39,43H2,1-2H3,(H,46,47)/b10-8-,15-13-,16-14-,19-18-. The molecule has 0 rings (SSSR count). The van der Waals surface area contributed by atoms with E-state index in [1.807, 2.05) is 0 Å². The van der Waals surface area contributed by atoms with Crippen molar-refractivity contribution in [2.24, 2.45) is 5.73 Å². The monoisotopic (exact) mass is 754 g/mol. The van der Waals surface area contributed by atoms with Crippen LogP contribution < -0.4 is 5.73 Å². The average Bonchev–Trinajstić information content (AvgIpc) is 3.13. The largest absolute Gasteiger partial charge is 0.472 e. The minimum atomic E-state index is -4.38. The Labute approximate surface area is 317 Å². The Balaban J connectivity index is 4.21. The highest BCUT2D eigenvalue weighted by Gasteiger charge is 2.26. The predicted molar refractivity (Wildman–Crippen MR) is 215 cm³/mol. The van der Waals surface area contributed by atoms with Crippen LogP contribution in [0.4, 0.5) is 0 Å². The summed E-state index contributed by atoms with van der Waals surface area (Å²) < 4.78 is 32.7. The summed E-state index contributed by atoms with van der Waals surface area (Å²) in [6, 6.07) is 0. The number of hydrogen-bond acceptors (Lipinski definition) is 8. The van der Waals surface area contributed by atoms with E-state index in [9.17, 15) is 19.0 Å². The number of allylic oxidation sites excluding steroid dienone is 8. The van der Waals surface area contributed by atoms with Crippen LogP contribution in [0.1, 0.15) is 174 Å². The Kier molecular flexibility index (Phi) is 37.2. The van der Waals surface area contributed by atoms with Crippen molar-refractivity contribution in [3.8, 4) is 0 Å². The molecule has 2 unspecified atom stereocenters. The van der Waals surface area contributed by atoms with Crippen molar-refractivity contribution in [3.63, 3.8) is 0 Å². The Hall–Kier alpha value is -2.03. The zero-order valence-electron chi connectivity index (χ0n) is 33.0. The molecule has 0 aliphatic rings. The molecule has 0 bridgehead atoms. The third kappa shape index (κ3) is 37.7. The smallest absolute Gasteiger partial charge is 0.462 e. The second-order valence-electron chi connectivity index (χ2n) is 13.5. The normalized spacial score (nSPS) is 13.8. The van der Waals surface area contributed by atoms with Crippen molar-refractivity contribution in [2.45, 2.75) is 180 Å². The van der Waals surface area contributed by atoms with Crippen LogP contribution in [-0.2, 0) is 32.7 Å². The summed E-state index contributed by atoms with van der Waals surface area (Å²) in [4.78, 5) is 34.8. The first kappa shape index (κ1) is 50.0. The Bertz CT molecular complexity index is 996. The SMILES string of the molecule is CCC/C=C\C/C=C\CCCCCCCC(=O)OCC(COP(=O)(O)OCCN)OC(=O)CCCCCCCCC/C=C\C/C=C\CCCCCC. The molecule has 9 nitrogen and oxygen atoms in total. The van der Waals surface area contributed by atoms with Crippen LogP contribution in [0.15, 0.2) is 48.6 Å². The first-order valence-electron chi connectivity index (χ1n) is 20.6. The van der Waals surface area contributed by atoms with E-state index in [2.05, 4.69) is 62.5 Å². The summed E-state index contributed by atoms with van der Waals surface area (Å²) in [5.41, 5.74) is 5.34. The molecule has 0 fully saturated rings. The molecule has 302 valence electrons. The highest BCUT2D eigenvalue weighted by molar-refractivity contribution is 7.47. The topological polar surface area (TPSA) is 134 Å². The second kappa shape index (κ2) is 38.7. The van der Waals surface area contributed by atoms with Crippen molar-refractivity contribution in [1.29, 1.82) is 0 Å². The van der Waals surface area contributed by atoms with Crippen LogP contribution in [0.25, 0.3) is 0 Å². The van der Waals surface area contributed by atoms with E-state index in [0.717, 1.165) is 77.0 Å². The number of ether oxygens (including phenoxy) is 2. The van der Waals surface area contributed by atoms with E-state index < -0.39 is 32.5 Å². The van der Waals surface area contributed by atoms with Crippen LogP contribution in [0.5, 0.6) is 0 Å². The van der Waals surface area contributed by atoms with Crippen LogP contribution in [-0.4, -0.2) is 49.3 Å². The summed E-state index contributed by atoms with van der Waals surface area (Å²) >= 11 is 0. The van der Waals surface area contributed by atoms with Gasteiger partial charge in [0.25, 0.3) is 0 Å². The van der Waals surface area contributed by atoms with Gasteiger partial charge in [0.2, 0.25) is 0 Å². The number of phosphoric acid groups is 1. The minimum absolute atomic E-state index is 0.0484. The zero-order valence-corrected chi connectivity index (χ0v) is 33.9. The van der Waals surface area contributed by atoms with Gasteiger partial charge in [0.15, 0.2) is 6.10 Å². The Morgan fingerprint density at radius 2 is 1.04 bits per heavy atom. The number of esters is 2. The molecule has 0 radical (unpaired) electrons. The van der Waals surface area contributed by atoms with E-state index in [1.54, 1.807) is 0 Å². The Morgan fingerprint density at radius 3 is 1.54 bits per heavy atom. The van der Waals surface area contributed by atoms with Crippen molar-refractivity contribution in [1.82, 2.24) is 0 Å². The van der Waals surface area contributed by atoms with E-state index in [4.69, 9.17) is 24.3 Å². The summed E-state index contributed by atoms with van der Waals surface area (Å²) in [6.07, 6.45) is 42.8. The lowest BCUT2D eigenvalue weighted by Gasteiger charge is -2.19. The van der Waals surface area contributed by atoms with Gasteiger partial charge in [-0.25, -0.2) is 4.57 Å². The highest BCUT2D eigenvalue weighted by Crippen LogP contribution is 2.43. The quantitative estimate of drug-likeness (QED) is 0.0273. The number of rotatable bonds is 38. The highest BCUT2D eigenvalue weighted by atomic mass is 31.2. The second-order valence-corrected chi connectivity index (χ2v) is 14.9. The van der Waals surface area contributed by atoms with Crippen molar-refractivity contribution in [2.75, 3.05) is 26.4 Å². The van der Waals surface area contributed by atoms with Gasteiger partial charge >= 0.3 is 19.8 Å². The van der Waals surface area contributed by atoms with E-state index in [1.165, 1.54) is 57.8 Å².